The number of hydrogen-bond donors (Lipinski definition) is 1. The molecule has 0 radical (unpaired) electrons. The number of ketones is 1. The summed E-state index contributed by atoms with van der Waals surface area (Å²) in [6.07, 6.45) is 3.90. The first-order chi connectivity index (χ1) is 10.8. The van der Waals surface area contributed by atoms with Gasteiger partial charge < -0.3 is 14.8 Å². The Bertz CT molecular complexity index is 481. The second kappa shape index (κ2) is 8.79. The van der Waals surface area contributed by atoms with Gasteiger partial charge in [-0.25, -0.2) is 0 Å². The highest BCUT2D eigenvalue weighted by Gasteiger charge is 2.23. The van der Waals surface area contributed by atoms with E-state index in [4.69, 9.17) is 9.47 Å². The molecule has 1 N–H and O–H groups in total. The first-order valence-electron chi connectivity index (χ1n) is 8.40. The van der Waals surface area contributed by atoms with E-state index in [1.54, 1.807) is 0 Å². The maximum Gasteiger partial charge on any atom is 0.167 e. The Kier molecular flexibility index (Phi) is 6.72. The van der Waals surface area contributed by atoms with Gasteiger partial charge in [-0.2, -0.15) is 0 Å². The molecule has 0 aliphatic carbocycles. The van der Waals surface area contributed by atoms with Gasteiger partial charge in [-0.05, 0) is 50.4 Å². The van der Waals surface area contributed by atoms with Crippen LogP contribution in [0.1, 0.15) is 49.9 Å². The first kappa shape index (κ1) is 16.8. The SMILES string of the molecule is CCCOc1ccc(C(=O)C2CCCNC2)cc1OCCC. The van der Waals surface area contributed by atoms with E-state index in [1.165, 1.54) is 0 Å². The van der Waals surface area contributed by atoms with Crippen molar-refractivity contribution in [2.24, 2.45) is 5.92 Å². The molecule has 2 rings (SSSR count). The van der Waals surface area contributed by atoms with Crippen LogP contribution in [0.5, 0.6) is 11.5 Å². The van der Waals surface area contributed by atoms with Crippen molar-refractivity contribution >= 4 is 5.78 Å². The summed E-state index contributed by atoms with van der Waals surface area (Å²) in [4.78, 5) is 12.6. The topological polar surface area (TPSA) is 47.6 Å². The standard InChI is InChI=1S/C18H27NO3/c1-3-10-21-16-8-7-14(12-17(16)22-11-4-2)18(20)15-6-5-9-19-13-15/h7-8,12,15,19H,3-6,9-11,13H2,1-2H3. The van der Waals surface area contributed by atoms with Gasteiger partial charge in [0.1, 0.15) is 0 Å². The van der Waals surface area contributed by atoms with Crippen molar-refractivity contribution < 1.29 is 14.3 Å². The summed E-state index contributed by atoms with van der Waals surface area (Å²) < 4.78 is 11.5. The van der Waals surface area contributed by atoms with Crippen molar-refractivity contribution in [2.75, 3.05) is 26.3 Å². The molecule has 0 bridgehead atoms. The van der Waals surface area contributed by atoms with Crippen LogP contribution in [-0.4, -0.2) is 32.1 Å². The van der Waals surface area contributed by atoms with E-state index in [9.17, 15) is 4.79 Å². The average Bonchev–Trinajstić information content (AvgIpc) is 2.58. The Labute approximate surface area is 133 Å². The molecule has 4 nitrogen and oxygen atoms in total. The van der Waals surface area contributed by atoms with E-state index in [0.29, 0.717) is 19.0 Å². The van der Waals surface area contributed by atoms with Crippen molar-refractivity contribution in [3.8, 4) is 11.5 Å². The fourth-order valence-corrected chi connectivity index (χ4v) is 2.63. The van der Waals surface area contributed by atoms with Crippen LogP contribution in [0.15, 0.2) is 18.2 Å². The molecule has 1 fully saturated rings. The van der Waals surface area contributed by atoms with E-state index in [1.807, 2.05) is 18.2 Å². The summed E-state index contributed by atoms with van der Waals surface area (Å²) in [5.74, 6) is 1.70. The number of hydrogen-bond acceptors (Lipinski definition) is 4. The summed E-state index contributed by atoms with van der Waals surface area (Å²) in [7, 11) is 0. The third kappa shape index (κ3) is 4.47. The fraction of sp³-hybridized carbons (Fsp3) is 0.611. The van der Waals surface area contributed by atoms with Crippen LogP contribution in [0.2, 0.25) is 0 Å². The van der Waals surface area contributed by atoms with Crippen LogP contribution in [0.3, 0.4) is 0 Å². The van der Waals surface area contributed by atoms with Gasteiger partial charge in [-0.15, -0.1) is 0 Å². The lowest BCUT2D eigenvalue weighted by Gasteiger charge is -2.22. The van der Waals surface area contributed by atoms with Crippen LogP contribution in [-0.2, 0) is 0 Å². The number of nitrogens with one attached hydrogen (secondary N) is 1. The van der Waals surface area contributed by atoms with Gasteiger partial charge in [0.2, 0.25) is 0 Å². The Balaban J connectivity index is 2.15. The lowest BCUT2D eigenvalue weighted by atomic mass is 9.91. The molecule has 1 aromatic carbocycles. The maximum absolute atomic E-state index is 12.6. The van der Waals surface area contributed by atoms with Gasteiger partial charge in [-0.3, -0.25) is 4.79 Å². The first-order valence-corrected chi connectivity index (χ1v) is 8.40. The molecule has 1 aliphatic heterocycles. The van der Waals surface area contributed by atoms with Crippen molar-refractivity contribution in [1.82, 2.24) is 5.32 Å². The number of Topliss-reactive ketones (excluding diaryl/α,β-unsaturated/α-hetero) is 1. The second-order valence-electron chi connectivity index (χ2n) is 5.77. The molecule has 1 unspecified atom stereocenters. The van der Waals surface area contributed by atoms with Crippen molar-refractivity contribution in [3.05, 3.63) is 23.8 Å². The van der Waals surface area contributed by atoms with Gasteiger partial charge in [0.15, 0.2) is 17.3 Å². The van der Waals surface area contributed by atoms with Crippen molar-refractivity contribution in [1.29, 1.82) is 0 Å². The third-order valence-electron chi connectivity index (χ3n) is 3.82. The molecular weight excluding hydrogens is 278 g/mol. The minimum Gasteiger partial charge on any atom is -0.490 e. The van der Waals surface area contributed by atoms with Crippen LogP contribution in [0.25, 0.3) is 0 Å². The summed E-state index contributed by atoms with van der Waals surface area (Å²) in [6, 6.07) is 5.57. The zero-order chi connectivity index (χ0) is 15.8. The zero-order valence-corrected chi connectivity index (χ0v) is 13.7. The molecule has 1 saturated heterocycles. The molecule has 1 aromatic rings. The molecule has 0 saturated carbocycles. The lowest BCUT2D eigenvalue weighted by Crippen LogP contribution is -2.34. The Morgan fingerprint density at radius 2 is 1.91 bits per heavy atom. The van der Waals surface area contributed by atoms with E-state index >= 15 is 0 Å². The lowest BCUT2D eigenvalue weighted by molar-refractivity contribution is 0.0899. The van der Waals surface area contributed by atoms with Crippen molar-refractivity contribution in [2.45, 2.75) is 39.5 Å². The molecule has 1 heterocycles. The molecule has 1 atom stereocenters. The molecule has 1 aliphatic rings. The van der Waals surface area contributed by atoms with Crippen molar-refractivity contribution in [3.63, 3.8) is 0 Å². The number of ether oxygens (including phenoxy) is 2. The van der Waals surface area contributed by atoms with E-state index in [2.05, 4.69) is 19.2 Å². The normalized spacial score (nSPS) is 18.0. The second-order valence-corrected chi connectivity index (χ2v) is 5.77. The van der Waals surface area contributed by atoms with E-state index in [-0.39, 0.29) is 11.7 Å². The largest absolute Gasteiger partial charge is 0.490 e. The maximum atomic E-state index is 12.6. The van der Waals surface area contributed by atoms with Gasteiger partial charge in [0, 0.05) is 18.0 Å². The number of carbonyl (C=O) groups is 1. The highest BCUT2D eigenvalue weighted by atomic mass is 16.5. The summed E-state index contributed by atoms with van der Waals surface area (Å²) in [5.41, 5.74) is 0.726. The Morgan fingerprint density at radius 1 is 1.18 bits per heavy atom. The van der Waals surface area contributed by atoms with Gasteiger partial charge >= 0.3 is 0 Å². The van der Waals surface area contributed by atoms with E-state index < -0.39 is 0 Å². The quantitative estimate of drug-likeness (QED) is 0.747. The summed E-state index contributed by atoms with van der Waals surface area (Å²) in [5, 5.41) is 3.30. The summed E-state index contributed by atoms with van der Waals surface area (Å²) in [6.45, 7) is 7.21. The zero-order valence-electron chi connectivity index (χ0n) is 13.7. The smallest absolute Gasteiger partial charge is 0.167 e. The number of rotatable bonds is 8. The van der Waals surface area contributed by atoms with Gasteiger partial charge in [-0.1, -0.05) is 13.8 Å². The van der Waals surface area contributed by atoms with Gasteiger partial charge in [0.25, 0.3) is 0 Å². The molecule has 122 valence electrons. The van der Waals surface area contributed by atoms with Crippen LogP contribution < -0.4 is 14.8 Å². The molecule has 0 amide bonds. The number of piperidine rings is 1. The van der Waals surface area contributed by atoms with Crippen LogP contribution in [0.4, 0.5) is 0 Å². The number of benzene rings is 1. The minimum atomic E-state index is 0.0789. The molecule has 0 spiro atoms. The summed E-state index contributed by atoms with van der Waals surface area (Å²) >= 11 is 0. The Morgan fingerprint density at radius 3 is 2.55 bits per heavy atom. The molecule has 4 heteroatoms. The highest BCUT2D eigenvalue weighted by molar-refractivity contribution is 5.98. The molecule has 22 heavy (non-hydrogen) atoms. The third-order valence-corrected chi connectivity index (χ3v) is 3.82. The number of carbonyl (C=O) groups excluding carboxylic acids is 1. The Hall–Kier alpha value is -1.55. The van der Waals surface area contributed by atoms with Gasteiger partial charge in [0.05, 0.1) is 13.2 Å². The van der Waals surface area contributed by atoms with Crippen LogP contribution in [0, 0.1) is 5.92 Å². The minimum absolute atomic E-state index is 0.0789. The fourth-order valence-electron chi connectivity index (χ4n) is 2.63. The monoisotopic (exact) mass is 305 g/mol. The van der Waals surface area contributed by atoms with Crippen LogP contribution >= 0.6 is 0 Å². The molecular formula is C18H27NO3. The molecule has 0 aromatic heterocycles. The van der Waals surface area contributed by atoms with E-state index in [0.717, 1.165) is 50.1 Å². The predicted octanol–water partition coefficient (Wildman–Crippen LogP) is 3.45. The highest BCUT2D eigenvalue weighted by Crippen LogP contribution is 2.30. The predicted molar refractivity (Wildman–Crippen MR) is 87.9 cm³/mol. The average molecular weight is 305 g/mol.